The lowest BCUT2D eigenvalue weighted by Gasteiger charge is -2.24. The summed E-state index contributed by atoms with van der Waals surface area (Å²) in [5.74, 6) is 0. The molecule has 29 heavy (non-hydrogen) atoms. The van der Waals surface area contributed by atoms with Gasteiger partial charge in [0.15, 0.2) is 0 Å². The lowest BCUT2D eigenvalue weighted by Crippen LogP contribution is -2.16. The number of benzene rings is 3. The lowest BCUT2D eigenvalue weighted by molar-refractivity contribution is -0.138. The van der Waals surface area contributed by atoms with Crippen LogP contribution in [0.3, 0.4) is 0 Å². The number of aryl methyl sites for hydroxylation is 1. The van der Waals surface area contributed by atoms with Gasteiger partial charge >= 0.3 is 12.4 Å². The number of hydrogen-bond donors (Lipinski definition) is 0. The van der Waals surface area contributed by atoms with E-state index >= 15 is 0 Å². The molecule has 0 aliphatic carbocycles. The Morgan fingerprint density at radius 3 is 1.72 bits per heavy atom. The van der Waals surface area contributed by atoms with Gasteiger partial charge in [-0.15, -0.1) is 0 Å². The lowest BCUT2D eigenvalue weighted by atomic mass is 9.97. The van der Waals surface area contributed by atoms with Crippen molar-refractivity contribution in [1.82, 2.24) is 0 Å². The molecule has 0 atom stereocenters. The highest BCUT2D eigenvalue weighted by Gasteiger charge is 2.36. The number of hydrogen-bond acceptors (Lipinski definition) is 1. The first-order valence-corrected chi connectivity index (χ1v) is 8.67. The molecule has 0 radical (unpaired) electrons. The minimum Gasteiger partial charge on any atom is -0.344 e. The fourth-order valence-electron chi connectivity index (χ4n) is 3.13. The van der Waals surface area contributed by atoms with Gasteiger partial charge in [0.05, 0.1) is 16.8 Å². The summed E-state index contributed by atoms with van der Waals surface area (Å²) in [4.78, 5) is 1.39. The number of halogens is 6. The summed E-state index contributed by atoms with van der Waals surface area (Å²) in [7, 11) is 1.51. The third-order valence-electron chi connectivity index (χ3n) is 4.68. The van der Waals surface area contributed by atoms with Crippen molar-refractivity contribution in [2.24, 2.45) is 0 Å². The molecule has 0 saturated carbocycles. The van der Waals surface area contributed by atoms with Crippen LogP contribution in [0.2, 0.25) is 0 Å². The van der Waals surface area contributed by atoms with Crippen LogP contribution in [0.25, 0.3) is 11.1 Å². The minimum absolute atomic E-state index is 0.0118. The van der Waals surface area contributed by atoms with Crippen molar-refractivity contribution < 1.29 is 26.3 Å². The van der Waals surface area contributed by atoms with E-state index in [9.17, 15) is 26.3 Å². The molecule has 0 heterocycles. The van der Waals surface area contributed by atoms with Gasteiger partial charge in [-0.2, -0.15) is 26.3 Å². The Kier molecular flexibility index (Phi) is 5.34. The van der Waals surface area contributed by atoms with E-state index in [4.69, 9.17) is 0 Å². The number of para-hydroxylation sites is 1. The van der Waals surface area contributed by atoms with E-state index in [2.05, 4.69) is 0 Å². The number of rotatable bonds is 3. The van der Waals surface area contributed by atoms with Crippen LogP contribution < -0.4 is 4.90 Å². The van der Waals surface area contributed by atoms with Crippen molar-refractivity contribution in [2.45, 2.75) is 19.3 Å². The third-order valence-corrected chi connectivity index (χ3v) is 4.68. The van der Waals surface area contributed by atoms with Gasteiger partial charge in [-0.1, -0.05) is 36.4 Å². The van der Waals surface area contributed by atoms with E-state index in [1.807, 2.05) is 0 Å². The first-order chi connectivity index (χ1) is 13.5. The summed E-state index contributed by atoms with van der Waals surface area (Å²) < 4.78 is 80.8. The molecule has 0 aromatic heterocycles. The zero-order valence-electron chi connectivity index (χ0n) is 15.6. The molecule has 0 unspecified atom stereocenters. The Bertz CT molecular complexity index is 1010. The molecule has 0 bridgehead atoms. The van der Waals surface area contributed by atoms with Crippen molar-refractivity contribution in [2.75, 3.05) is 11.9 Å². The first-order valence-electron chi connectivity index (χ1n) is 8.67. The number of nitrogens with zero attached hydrogens (tertiary/aromatic N) is 1. The summed E-state index contributed by atoms with van der Waals surface area (Å²) >= 11 is 0. The maximum Gasteiger partial charge on any atom is 0.418 e. The van der Waals surface area contributed by atoms with E-state index in [0.717, 1.165) is 12.1 Å². The molecule has 0 fully saturated rings. The molecule has 3 rings (SSSR count). The van der Waals surface area contributed by atoms with Crippen molar-refractivity contribution in [3.63, 3.8) is 0 Å². The molecular formula is C22H17F6N. The summed E-state index contributed by atoms with van der Waals surface area (Å²) in [6, 6.07) is 15.6. The number of anilines is 2. The Labute approximate surface area is 164 Å². The van der Waals surface area contributed by atoms with Crippen molar-refractivity contribution in [3.05, 3.63) is 83.4 Å². The van der Waals surface area contributed by atoms with Crippen LogP contribution in [0.4, 0.5) is 37.7 Å². The van der Waals surface area contributed by atoms with Gasteiger partial charge < -0.3 is 4.90 Å². The molecule has 0 amide bonds. The van der Waals surface area contributed by atoms with E-state index in [1.54, 1.807) is 30.3 Å². The Balaban J connectivity index is 2.12. The second-order valence-corrected chi connectivity index (χ2v) is 6.65. The maximum absolute atomic E-state index is 13.7. The van der Waals surface area contributed by atoms with E-state index < -0.39 is 23.5 Å². The summed E-state index contributed by atoms with van der Waals surface area (Å²) in [6.45, 7) is 1.31. The normalized spacial score (nSPS) is 12.1. The largest absolute Gasteiger partial charge is 0.418 e. The Hall–Kier alpha value is -2.96. The van der Waals surface area contributed by atoms with Gasteiger partial charge in [-0.3, -0.25) is 0 Å². The van der Waals surface area contributed by atoms with E-state index in [1.165, 1.54) is 43.1 Å². The second-order valence-electron chi connectivity index (χ2n) is 6.65. The van der Waals surface area contributed by atoms with Gasteiger partial charge in [0.1, 0.15) is 0 Å². The summed E-state index contributed by atoms with van der Waals surface area (Å²) in [5.41, 5.74) is -1.17. The van der Waals surface area contributed by atoms with Crippen LogP contribution in [0, 0.1) is 6.92 Å². The molecular weight excluding hydrogens is 392 g/mol. The number of alkyl halides is 6. The third kappa shape index (κ3) is 4.39. The molecule has 3 aromatic carbocycles. The van der Waals surface area contributed by atoms with Crippen LogP contribution in [0.15, 0.2) is 66.7 Å². The van der Waals surface area contributed by atoms with Crippen LogP contribution in [-0.4, -0.2) is 7.05 Å². The SMILES string of the molecule is Cc1ccc(-c2ccc(N(C)c3ccccc3)c(C(F)(F)F)c2)cc1C(F)(F)F. The van der Waals surface area contributed by atoms with Crippen LogP contribution in [0.5, 0.6) is 0 Å². The Morgan fingerprint density at radius 1 is 0.655 bits per heavy atom. The van der Waals surface area contributed by atoms with Crippen LogP contribution in [0.1, 0.15) is 16.7 Å². The maximum atomic E-state index is 13.7. The highest BCUT2D eigenvalue weighted by molar-refractivity contribution is 5.73. The average Bonchev–Trinajstić information content (AvgIpc) is 2.66. The van der Waals surface area contributed by atoms with Gasteiger partial charge in [-0.25, -0.2) is 0 Å². The molecule has 152 valence electrons. The van der Waals surface area contributed by atoms with E-state index in [0.29, 0.717) is 5.69 Å². The molecule has 0 aliphatic heterocycles. The smallest absolute Gasteiger partial charge is 0.344 e. The van der Waals surface area contributed by atoms with Crippen molar-refractivity contribution in [1.29, 1.82) is 0 Å². The molecule has 0 aliphatic rings. The zero-order valence-corrected chi connectivity index (χ0v) is 15.6. The monoisotopic (exact) mass is 409 g/mol. The summed E-state index contributed by atoms with van der Waals surface area (Å²) in [6.07, 6.45) is -9.26. The van der Waals surface area contributed by atoms with Gasteiger partial charge in [-0.05, 0) is 53.9 Å². The van der Waals surface area contributed by atoms with Gasteiger partial charge in [0, 0.05) is 12.7 Å². The average molecular weight is 409 g/mol. The zero-order chi connectivity index (χ0) is 21.4. The molecule has 7 heteroatoms. The highest BCUT2D eigenvalue weighted by atomic mass is 19.4. The molecule has 0 spiro atoms. The fraction of sp³-hybridized carbons (Fsp3) is 0.182. The molecule has 0 saturated heterocycles. The Morgan fingerprint density at radius 2 is 1.17 bits per heavy atom. The fourth-order valence-corrected chi connectivity index (χ4v) is 3.13. The quantitative estimate of drug-likeness (QED) is 0.406. The predicted molar refractivity (Wildman–Crippen MR) is 101 cm³/mol. The molecule has 3 aromatic rings. The summed E-state index contributed by atoms with van der Waals surface area (Å²) in [5, 5.41) is 0. The van der Waals surface area contributed by atoms with Gasteiger partial charge in [0.2, 0.25) is 0 Å². The molecule has 0 N–H and O–H groups in total. The first kappa shape index (κ1) is 20.8. The standard InChI is InChI=1S/C22H17F6N/c1-14-8-9-15(12-18(14)21(23,24)25)16-10-11-20(19(13-16)22(26,27)28)29(2)17-6-4-3-5-7-17/h3-13H,1-2H3. The second kappa shape index (κ2) is 7.46. The molecule has 1 nitrogen and oxygen atoms in total. The highest BCUT2D eigenvalue weighted by Crippen LogP contribution is 2.41. The van der Waals surface area contributed by atoms with Crippen molar-refractivity contribution in [3.8, 4) is 11.1 Å². The van der Waals surface area contributed by atoms with Crippen molar-refractivity contribution >= 4 is 11.4 Å². The van der Waals surface area contributed by atoms with Crippen LogP contribution >= 0.6 is 0 Å². The minimum atomic E-state index is -4.67. The topological polar surface area (TPSA) is 3.24 Å². The van der Waals surface area contributed by atoms with Gasteiger partial charge in [0.25, 0.3) is 0 Å². The van der Waals surface area contributed by atoms with Crippen LogP contribution in [-0.2, 0) is 12.4 Å². The van der Waals surface area contributed by atoms with E-state index in [-0.39, 0.29) is 22.4 Å². The predicted octanol–water partition coefficient (Wildman–Crippen LogP) is 7.47.